The van der Waals surface area contributed by atoms with E-state index in [4.69, 9.17) is 0 Å². The molecule has 0 unspecified atom stereocenters. The van der Waals surface area contributed by atoms with Crippen molar-refractivity contribution in [2.45, 2.75) is 37.5 Å². The summed E-state index contributed by atoms with van der Waals surface area (Å²) < 4.78 is 29.8. The fourth-order valence-electron chi connectivity index (χ4n) is 4.40. The molecule has 1 saturated heterocycles. The van der Waals surface area contributed by atoms with Crippen LogP contribution in [0.25, 0.3) is 5.82 Å². The van der Waals surface area contributed by atoms with Gasteiger partial charge in [-0.1, -0.05) is 6.07 Å². The van der Waals surface area contributed by atoms with E-state index < -0.39 is 10.0 Å². The van der Waals surface area contributed by atoms with Gasteiger partial charge in [-0.05, 0) is 61.9 Å². The summed E-state index contributed by atoms with van der Waals surface area (Å²) in [6.45, 7) is 3.88. The summed E-state index contributed by atoms with van der Waals surface area (Å²) in [6, 6.07) is 9.41. The molecule has 0 N–H and O–H groups in total. The maximum absolute atomic E-state index is 13.3. The molecule has 0 spiro atoms. The number of rotatable bonds is 4. The highest BCUT2D eigenvalue weighted by Crippen LogP contribution is 2.27. The number of sulfonamides is 1. The SMILES string of the molecule is Cc1nc(N2CCN(S(=O)(=O)c3ccc4c(c3)CCCC4)CC2)cc(-n2cccn2)n1. The predicted molar refractivity (Wildman–Crippen MR) is 118 cm³/mol. The average molecular weight is 439 g/mol. The van der Waals surface area contributed by atoms with Gasteiger partial charge < -0.3 is 4.90 Å². The van der Waals surface area contributed by atoms with E-state index in [9.17, 15) is 8.42 Å². The fraction of sp³-hybridized carbons (Fsp3) is 0.409. The monoisotopic (exact) mass is 438 g/mol. The van der Waals surface area contributed by atoms with Crippen LogP contribution in [0.1, 0.15) is 29.8 Å². The van der Waals surface area contributed by atoms with Gasteiger partial charge in [0.05, 0.1) is 4.90 Å². The maximum atomic E-state index is 13.3. The Bertz CT molecular complexity index is 1180. The van der Waals surface area contributed by atoms with Crippen LogP contribution in [-0.4, -0.2) is 58.7 Å². The lowest BCUT2D eigenvalue weighted by atomic mass is 9.92. The second-order valence-corrected chi connectivity index (χ2v) is 10.0. The smallest absolute Gasteiger partial charge is 0.243 e. The largest absolute Gasteiger partial charge is 0.354 e. The van der Waals surface area contributed by atoms with Crippen molar-refractivity contribution in [3.8, 4) is 5.82 Å². The minimum atomic E-state index is -3.49. The van der Waals surface area contributed by atoms with E-state index in [1.54, 1.807) is 21.3 Å². The van der Waals surface area contributed by atoms with Crippen LogP contribution in [0.4, 0.5) is 5.82 Å². The molecule has 1 aliphatic carbocycles. The third kappa shape index (κ3) is 3.95. The molecule has 1 aliphatic heterocycles. The van der Waals surface area contributed by atoms with Crippen LogP contribution in [0.3, 0.4) is 0 Å². The highest BCUT2D eigenvalue weighted by molar-refractivity contribution is 7.89. The van der Waals surface area contributed by atoms with Gasteiger partial charge >= 0.3 is 0 Å². The van der Waals surface area contributed by atoms with Crippen LogP contribution >= 0.6 is 0 Å². The van der Waals surface area contributed by atoms with Crippen molar-refractivity contribution < 1.29 is 8.42 Å². The fourth-order valence-corrected chi connectivity index (χ4v) is 5.87. The van der Waals surface area contributed by atoms with Crippen molar-refractivity contribution in [2.24, 2.45) is 0 Å². The molecule has 0 bridgehead atoms. The van der Waals surface area contributed by atoms with Gasteiger partial charge in [0, 0.05) is 44.6 Å². The molecule has 3 aromatic rings. The van der Waals surface area contributed by atoms with Crippen molar-refractivity contribution in [1.29, 1.82) is 0 Å². The van der Waals surface area contributed by atoms with Gasteiger partial charge in [0.15, 0.2) is 5.82 Å². The topological polar surface area (TPSA) is 84.2 Å². The first-order valence-corrected chi connectivity index (χ1v) is 12.2. The number of benzene rings is 1. The molecule has 8 nitrogen and oxygen atoms in total. The Morgan fingerprint density at radius 3 is 2.39 bits per heavy atom. The summed E-state index contributed by atoms with van der Waals surface area (Å²) >= 11 is 0. The first kappa shape index (κ1) is 20.1. The molecule has 5 rings (SSSR count). The van der Waals surface area contributed by atoms with Crippen LogP contribution in [0.5, 0.6) is 0 Å². The van der Waals surface area contributed by atoms with Gasteiger partial charge in [0.2, 0.25) is 10.0 Å². The first-order valence-electron chi connectivity index (χ1n) is 10.7. The summed E-state index contributed by atoms with van der Waals surface area (Å²) in [6.07, 6.45) is 7.89. The lowest BCUT2D eigenvalue weighted by Crippen LogP contribution is -2.49. The van der Waals surface area contributed by atoms with E-state index in [2.05, 4.69) is 20.0 Å². The Morgan fingerprint density at radius 2 is 1.65 bits per heavy atom. The van der Waals surface area contributed by atoms with Crippen LogP contribution < -0.4 is 4.90 Å². The van der Waals surface area contributed by atoms with Gasteiger partial charge in [-0.15, -0.1) is 0 Å². The molecule has 0 atom stereocenters. The normalized spacial score (nSPS) is 17.5. The molecule has 2 aromatic heterocycles. The molecule has 3 heterocycles. The van der Waals surface area contributed by atoms with Crippen molar-refractivity contribution in [3.63, 3.8) is 0 Å². The summed E-state index contributed by atoms with van der Waals surface area (Å²) in [5, 5.41) is 4.24. The van der Waals surface area contributed by atoms with Gasteiger partial charge in [-0.25, -0.2) is 23.1 Å². The second kappa shape index (κ2) is 8.05. The third-order valence-corrected chi connectivity index (χ3v) is 7.97. The number of aryl methyl sites for hydroxylation is 3. The Kier molecular flexibility index (Phi) is 5.23. The van der Waals surface area contributed by atoms with Crippen LogP contribution in [0.2, 0.25) is 0 Å². The molecule has 31 heavy (non-hydrogen) atoms. The number of hydrogen-bond donors (Lipinski definition) is 0. The van der Waals surface area contributed by atoms with E-state index in [1.807, 2.05) is 37.4 Å². The quantitative estimate of drug-likeness (QED) is 0.622. The minimum absolute atomic E-state index is 0.417. The third-order valence-electron chi connectivity index (χ3n) is 6.07. The standard InChI is InChI=1S/C22H26N6O2S/c1-17-24-21(16-22(25-17)28-10-4-9-23-28)26-11-13-27(14-12-26)31(29,30)20-8-7-18-5-2-3-6-19(18)15-20/h4,7-10,15-16H,2-3,5-6,11-14H2,1H3. The number of nitrogens with zero attached hydrogens (tertiary/aromatic N) is 6. The lowest BCUT2D eigenvalue weighted by molar-refractivity contribution is 0.383. The van der Waals surface area contributed by atoms with E-state index >= 15 is 0 Å². The Morgan fingerprint density at radius 1 is 0.903 bits per heavy atom. The predicted octanol–water partition coefficient (Wildman–Crippen LogP) is 2.36. The minimum Gasteiger partial charge on any atom is -0.354 e. The summed E-state index contributed by atoms with van der Waals surface area (Å²) in [7, 11) is -3.49. The number of aromatic nitrogens is 4. The molecular formula is C22H26N6O2S. The average Bonchev–Trinajstić information content (AvgIpc) is 3.33. The number of hydrogen-bond acceptors (Lipinski definition) is 6. The van der Waals surface area contributed by atoms with Crippen molar-refractivity contribution in [2.75, 3.05) is 31.1 Å². The summed E-state index contributed by atoms with van der Waals surface area (Å²) in [5.41, 5.74) is 2.48. The van der Waals surface area contributed by atoms with Gasteiger partial charge in [0.1, 0.15) is 11.6 Å². The van der Waals surface area contributed by atoms with E-state index in [0.29, 0.717) is 42.7 Å². The first-order chi connectivity index (χ1) is 15.0. The van der Waals surface area contributed by atoms with Crippen LogP contribution in [0, 0.1) is 6.92 Å². The molecule has 1 fully saturated rings. The molecular weight excluding hydrogens is 412 g/mol. The Labute approximate surface area is 182 Å². The molecule has 0 radical (unpaired) electrons. The lowest BCUT2D eigenvalue weighted by Gasteiger charge is -2.35. The van der Waals surface area contributed by atoms with Crippen molar-refractivity contribution >= 4 is 15.8 Å². The van der Waals surface area contributed by atoms with Crippen molar-refractivity contribution in [1.82, 2.24) is 24.1 Å². The van der Waals surface area contributed by atoms with E-state index in [-0.39, 0.29) is 0 Å². The molecule has 1 aromatic carbocycles. The van der Waals surface area contributed by atoms with Crippen LogP contribution in [-0.2, 0) is 22.9 Å². The summed E-state index contributed by atoms with van der Waals surface area (Å²) in [5.74, 6) is 2.16. The molecule has 162 valence electrons. The highest BCUT2D eigenvalue weighted by Gasteiger charge is 2.30. The molecule has 0 amide bonds. The molecule has 2 aliphatic rings. The van der Waals surface area contributed by atoms with Gasteiger partial charge in [-0.2, -0.15) is 9.40 Å². The number of piperazine rings is 1. The number of fused-ring (bicyclic) bond motifs is 1. The highest BCUT2D eigenvalue weighted by atomic mass is 32.2. The van der Waals surface area contributed by atoms with Gasteiger partial charge in [-0.3, -0.25) is 0 Å². The van der Waals surface area contributed by atoms with E-state index in [1.165, 1.54) is 17.5 Å². The Balaban J connectivity index is 1.32. The maximum Gasteiger partial charge on any atom is 0.243 e. The number of anilines is 1. The van der Waals surface area contributed by atoms with Crippen LogP contribution in [0.15, 0.2) is 47.6 Å². The zero-order valence-corrected chi connectivity index (χ0v) is 18.4. The van der Waals surface area contributed by atoms with Crippen molar-refractivity contribution in [3.05, 3.63) is 59.7 Å². The second-order valence-electron chi connectivity index (χ2n) is 8.11. The molecule has 9 heteroatoms. The van der Waals surface area contributed by atoms with Gasteiger partial charge in [0.25, 0.3) is 0 Å². The molecule has 0 saturated carbocycles. The van der Waals surface area contributed by atoms with E-state index in [0.717, 1.165) is 25.1 Å². The summed E-state index contributed by atoms with van der Waals surface area (Å²) in [4.78, 5) is 11.6. The zero-order valence-electron chi connectivity index (χ0n) is 17.6. The Hall–Kier alpha value is -2.78. The zero-order chi connectivity index (χ0) is 21.4.